The van der Waals surface area contributed by atoms with Crippen molar-refractivity contribution >= 4 is 10.8 Å². The topological polar surface area (TPSA) is 40.5 Å². The summed E-state index contributed by atoms with van der Waals surface area (Å²) in [4.78, 5) is 0. The lowest BCUT2D eigenvalue weighted by Gasteiger charge is -2.17. The highest BCUT2D eigenvalue weighted by Gasteiger charge is 2.18. The van der Waals surface area contributed by atoms with Crippen LogP contribution in [0, 0.1) is 0 Å². The number of fused-ring (bicyclic) bond motifs is 2. The third kappa shape index (κ3) is 1.13. The van der Waals surface area contributed by atoms with Gasteiger partial charge in [-0.25, -0.2) is 0 Å². The van der Waals surface area contributed by atoms with Gasteiger partial charge in [0.2, 0.25) is 0 Å². The molecule has 0 aliphatic heterocycles. The monoisotopic (exact) mass is 212 g/mol. The molecule has 0 radical (unpaired) electrons. The van der Waals surface area contributed by atoms with E-state index >= 15 is 0 Å². The molecule has 2 nitrogen and oxygen atoms in total. The van der Waals surface area contributed by atoms with E-state index in [0.29, 0.717) is 24.3 Å². The van der Waals surface area contributed by atoms with Gasteiger partial charge in [-0.05, 0) is 12.8 Å². The van der Waals surface area contributed by atoms with E-state index < -0.39 is 0 Å². The number of phenols is 2. The zero-order valence-electron chi connectivity index (χ0n) is 8.77. The standard InChI is InChI=1S/C14H12O2/c15-13-9-5-1-2-6-10(9)14(16)12-8-4-3-7-11(12)13/h1-6,15-16H,7-8H2. The van der Waals surface area contributed by atoms with Crippen LogP contribution in [0.5, 0.6) is 11.5 Å². The Morgan fingerprint density at radius 3 is 1.62 bits per heavy atom. The minimum Gasteiger partial charge on any atom is -0.507 e. The Morgan fingerprint density at radius 1 is 0.750 bits per heavy atom. The van der Waals surface area contributed by atoms with Crippen LogP contribution in [0.2, 0.25) is 0 Å². The van der Waals surface area contributed by atoms with Crippen molar-refractivity contribution in [1.82, 2.24) is 0 Å². The Morgan fingerprint density at radius 2 is 1.19 bits per heavy atom. The maximum Gasteiger partial charge on any atom is 0.127 e. The smallest absolute Gasteiger partial charge is 0.127 e. The first kappa shape index (κ1) is 9.28. The second-order valence-corrected chi connectivity index (χ2v) is 4.08. The van der Waals surface area contributed by atoms with Crippen LogP contribution in [0.3, 0.4) is 0 Å². The Bertz CT molecular complexity index is 545. The van der Waals surface area contributed by atoms with E-state index in [4.69, 9.17) is 0 Å². The highest BCUT2D eigenvalue weighted by Crippen LogP contribution is 2.41. The van der Waals surface area contributed by atoms with Crippen molar-refractivity contribution in [3.63, 3.8) is 0 Å². The first-order valence-electron chi connectivity index (χ1n) is 5.38. The minimum absolute atomic E-state index is 0.313. The van der Waals surface area contributed by atoms with E-state index in [-0.39, 0.29) is 0 Å². The third-order valence-corrected chi connectivity index (χ3v) is 3.18. The molecule has 0 amide bonds. The van der Waals surface area contributed by atoms with Crippen molar-refractivity contribution in [2.45, 2.75) is 12.8 Å². The molecule has 2 heteroatoms. The lowest BCUT2D eigenvalue weighted by molar-refractivity contribution is 0.459. The van der Waals surface area contributed by atoms with E-state index in [0.717, 1.165) is 21.9 Å². The van der Waals surface area contributed by atoms with Crippen molar-refractivity contribution in [2.75, 3.05) is 0 Å². The number of phenolic OH excluding ortho intramolecular Hbond substituents is 2. The number of hydrogen-bond acceptors (Lipinski definition) is 2. The fraction of sp³-hybridized carbons (Fsp3) is 0.143. The van der Waals surface area contributed by atoms with Gasteiger partial charge in [0.25, 0.3) is 0 Å². The van der Waals surface area contributed by atoms with Crippen LogP contribution in [0.1, 0.15) is 11.1 Å². The molecule has 1 aliphatic carbocycles. The van der Waals surface area contributed by atoms with Gasteiger partial charge < -0.3 is 10.2 Å². The van der Waals surface area contributed by atoms with Crippen LogP contribution >= 0.6 is 0 Å². The van der Waals surface area contributed by atoms with E-state index in [1.807, 2.05) is 36.4 Å². The van der Waals surface area contributed by atoms with Gasteiger partial charge in [-0.15, -0.1) is 0 Å². The zero-order chi connectivity index (χ0) is 11.1. The minimum atomic E-state index is 0.313. The molecular formula is C14H12O2. The predicted octanol–water partition coefficient (Wildman–Crippen LogP) is 2.91. The van der Waals surface area contributed by atoms with Crippen LogP contribution in [0.4, 0.5) is 0 Å². The van der Waals surface area contributed by atoms with Crippen LogP contribution in [-0.2, 0) is 12.8 Å². The predicted molar refractivity (Wildman–Crippen MR) is 63.8 cm³/mol. The van der Waals surface area contributed by atoms with E-state index in [9.17, 15) is 10.2 Å². The Labute approximate surface area is 93.5 Å². The summed E-state index contributed by atoms with van der Waals surface area (Å²) in [5.41, 5.74) is 1.72. The van der Waals surface area contributed by atoms with Crippen LogP contribution in [0.15, 0.2) is 36.4 Å². The summed E-state index contributed by atoms with van der Waals surface area (Å²) >= 11 is 0. The van der Waals surface area contributed by atoms with Gasteiger partial charge in [-0.1, -0.05) is 36.4 Å². The van der Waals surface area contributed by atoms with Gasteiger partial charge in [0.05, 0.1) is 0 Å². The Balaban J connectivity index is 2.46. The lowest BCUT2D eigenvalue weighted by atomic mass is 9.91. The van der Waals surface area contributed by atoms with Gasteiger partial charge in [0.1, 0.15) is 11.5 Å². The van der Waals surface area contributed by atoms with E-state index in [1.54, 1.807) is 0 Å². The molecular weight excluding hydrogens is 200 g/mol. The number of benzene rings is 2. The second kappa shape index (κ2) is 3.27. The largest absolute Gasteiger partial charge is 0.507 e. The molecule has 0 aromatic heterocycles. The van der Waals surface area contributed by atoms with Crippen LogP contribution < -0.4 is 0 Å². The molecule has 2 aromatic carbocycles. The van der Waals surface area contributed by atoms with Crippen molar-refractivity contribution in [3.05, 3.63) is 47.5 Å². The first-order chi connectivity index (χ1) is 7.79. The van der Waals surface area contributed by atoms with Crippen LogP contribution in [-0.4, -0.2) is 10.2 Å². The lowest BCUT2D eigenvalue weighted by Crippen LogP contribution is -1.99. The van der Waals surface area contributed by atoms with Crippen molar-refractivity contribution in [2.24, 2.45) is 0 Å². The molecule has 0 fully saturated rings. The first-order valence-corrected chi connectivity index (χ1v) is 5.38. The van der Waals surface area contributed by atoms with Gasteiger partial charge in [-0.2, -0.15) is 0 Å². The molecule has 0 saturated carbocycles. The number of rotatable bonds is 0. The highest BCUT2D eigenvalue weighted by atomic mass is 16.3. The second-order valence-electron chi connectivity index (χ2n) is 4.08. The maximum atomic E-state index is 10.2. The van der Waals surface area contributed by atoms with Gasteiger partial charge in [-0.3, -0.25) is 0 Å². The molecule has 0 bridgehead atoms. The summed E-state index contributed by atoms with van der Waals surface area (Å²) in [6, 6.07) is 7.41. The zero-order valence-corrected chi connectivity index (χ0v) is 8.77. The fourth-order valence-electron chi connectivity index (χ4n) is 2.35. The SMILES string of the molecule is Oc1c2c(c(O)c3ccccc13)CC=CC2. The molecule has 80 valence electrons. The Kier molecular flexibility index (Phi) is 1.90. The van der Waals surface area contributed by atoms with Crippen LogP contribution in [0.25, 0.3) is 10.8 Å². The van der Waals surface area contributed by atoms with Gasteiger partial charge >= 0.3 is 0 Å². The highest BCUT2D eigenvalue weighted by molar-refractivity contribution is 5.95. The van der Waals surface area contributed by atoms with E-state index in [1.165, 1.54) is 0 Å². The molecule has 3 rings (SSSR count). The van der Waals surface area contributed by atoms with Gasteiger partial charge in [0.15, 0.2) is 0 Å². The molecule has 0 atom stereocenters. The van der Waals surface area contributed by atoms with Crippen molar-refractivity contribution in [1.29, 1.82) is 0 Å². The van der Waals surface area contributed by atoms with Crippen molar-refractivity contribution < 1.29 is 10.2 Å². The van der Waals surface area contributed by atoms with Crippen molar-refractivity contribution in [3.8, 4) is 11.5 Å². The molecule has 0 unspecified atom stereocenters. The number of aromatic hydroxyl groups is 2. The summed E-state index contributed by atoms with van der Waals surface area (Å²) in [7, 11) is 0. The third-order valence-electron chi connectivity index (χ3n) is 3.18. The average molecular weight is 212 g/mol. The molecule has 16 heavy (non-hydrogen) atoms. The molecule has 1 aliphatic rings. The normalized spacial score (nSPS) is 14.0. The quantitative estimate of drug-likeness (QED) is 0.520. The van der Waals surface area contributed by atoms with E-state index in [2.05, 4.69) is 0 Å². The van der Waals surface area contributed by atoms with Gasteiger partial charge in [0, 0.05) is 21.9 Å². The molecule has 2 N–H and O–H groups in total. The summed E-state index contributed by atoms with van der Waals surface area (Å²) in [5.74, 6) is 0.625. The fourth-order valence-corrected chi connectivity index (χ4v) is 2.35. The summed E-state index contributed by atoms with van der Waals surface area (Å²) in [6.45, 7) is 0. The molecule has 2 aromatic rings. The summed E-state index contributed by atoms with van der Waals surface area (Å²) in [6.07, 6.45) is 5.44. The maximum absolute atomic E-state index is 10.2. The number of hydrogen-bond donors (Lipinski definition) is 2. The number of allylic oxidation sites excluding steroid dienone is 2. The molecule has 0 saturated heterocycles. The Hall–Kier alpha value is -1.96. The molecule has 0 spiro atoms. The summed E-state index contributed by atoms with van der Waals surface area (Å²) in [5, 5.41) is 21.8. The average Bonchev–Trinajstić information content (AvgIpc) is 2.36. The molecule has 0 heterocycles. The summed E-state index contributed by atoms with van der Waals surface area (Å²) < 4.78 is 0.